The molecule has 0 amide bonds. The fraction of sp³-hybridized carbons (Fsp3) is 0. The lowest BCUT2D eigenvalue weighted by Gasteiger charge is -1.92. The van der Waals surface area contributed by atoms with E-state index in [4.69, 9.17) is 17.0 Å². The quantitative estimate of drug-likeness (QED) is 0.520. The lowest BCUT2D eigenvalue weighted by molar-refractivity contribution is 1.10. The molecule has 1 rings (SSSR count). The molecule has 0 aliphatic carbocycles. The Kier molecular flexibility index (Phi) is 1.91. The van der Waals surface area contributed by atoms with Crippen LogP contribution in [0.25, 0.3) is 0 Å². The second kappa shape index (κ2) is 2.70. The Morgan fingerprint density at radius 3 is 2.89 bits per heavy atom. The minimum absolute atomic E-state index is 0.431. The maximum absolute atomic E-state index is 6.80. The van der Waals surface area contributed by atoms with Crippen molar-refractivity contribution in [3.8, 4) is 0 Å². The van der Waals surface area contributed by atoms with Gasteiger partial charge in [-0.3, -0.25) is 0 Å². The molecule has 4 nitrogen and oxygen atoms in total. The zero-order valence-electron chi connectivity index (χ0n) is 4.24. The monoisotopic (exact) mass is 158 g/mol. The fourth-order valence-electron chi connectivity index (χ4n) is 0.320. The summed E-state index contributed by atoms with van der Waals surface area (Å²) >= 11 is 5.47. The molecule has 0 fully saturated rings. The molecule has 0 saturated carbocycles. The normalized spacial score (nSPS) is 16.4. The zero-order valence-corrected chi connectivity index (χ0v) is 5.87. The van der Waals surface area contributed by atoms with Gasteiger partial charge in [-0.15, -0.1) is 10.2 Å². The first-order valence-electron chi connectivity index (χ1n) is 2.03. The van der Waals surface area contributed by atoms with E-state index in [-0.39, 0.29) is 0 Å². The molecule has 0 atom stereocenters. The van der Waals surface area contributed by atoms with Gasteiger partial charge in [-0.1, -0.05) is 12.2 Å². The highest BCUT2D eigenvalue weighted by molar-refractivity contribution is 7.87. The van der Waals surface area contributed by atoms with Crippen LogP contribution in [0.15, 0.2) is 15.4 Å². The summed E-state index contributed by atoms with van der Waals surface area (Å²) in [5, 5.41) is 10.2. The third kappa shape index (κ3) is 1.33. The van der Waals surface area contributed by atoms with E-state index in [1.54, 1.807) is 0 Å². The van der Waals surface area contributed by atoms with E-state index in [9.17, 15) is 0 Å². The number of hydrogen-bond donors (Lipinski definition) is 1. The van der Waals surface area contributed by atoms with Gasteiger partial charge in [0, 0.05) is 0 Å². The van der Waals surface area contributed by atoms with Crippen molar-refractivity contribution in [2.75, 3.05) is 0 Å². The standard InChI is InChI=1S/C3H2N4S2/c4-9-3-2(8)1-5-7-6-3/h1,4H. The van der Waals surface area contributed by atoms with E-state index in [0.29, 0.717) is 9.85 Å². The van der Waals surface area contributed by atoms with Crippen LogP contribution in [0.3, 0.4) is 0 Å². The van der Waals surface area contributed by atoms with Crippen LogP contribution in [0, 0.1) is 4.78 Å². The molecular formula is C3H2N4S2. The maximum atomic E-state index is 6.80. The van der Waals surface area contributed by atoms with Crippen molar-refractivity contribution in [2.45, 2.75) is 0 Å². The summed E-state index contributed by atoms with van der Waals surface area (Å²) in [5.41, 5.74) is 0. The summed E-state index contributed by atoms with van der Waals surface area (Å²) in [6, 6.07) is 0. The SMILES string of the molecule is N=S=C1N=NN=CC1=S. The Bertz CT molecular complexity index is 247. The van der Waals surface area contributed by atoms with Gasteiger partial charge in [0.1, 0.15) is 0 Å². The van der Waals surface area contributed by atoms with Crippen LogP contribution in [0.5, 0.6) is 0 Å². The topological polar surface area (TPSA) is 60.9 Å². The molecule has 0 unspecified atom stereocenters. The summed E-state index contributed by atoms with van der Waals surface area (Å²) < 4.78 is 6.80. The van der Waals surface area contributed by atoms with Gasteiger partial charge in [-0.2, -0.15) is 0 Å². The van der Waals surface area contributed by atoms with Gasteiger partial charge in [0.05, 0.1) is 11.1 Å². The Morgan fingerprint density at radius 2 is 2.44 bits per heavy atom. The predicted molar refractivity (Wildman–Crippen MR) is 41.0 cm³/mol. The highest BCUT2D eigenvalue weighted by atomic mass is 32.1. The number of rotatable bonds is 0. The minimum atomic E-state index is 0.431. The van der Waals surface area contributed by atoms with Crippen LogP contribution < -0.4 is 0 Å². The Hall–Kier alpha value is -0.750. The van der Waals surface area contributed by atoms with E-state index >= 15 is 0 Å². The highest BCUT2D eigenvalue weighted by Gasteiger charge is 2.03. The van der Waals surface area contributed by atoms with Crippen LogP contribution in [-0.2, 0) is 11.1 Å². The van der Waals surface area contributed by atoms with Crippen molar-refractivity contribution in [1.82, 2.24) is 0 Å². The Balaban J connectivity index is 3.04. The minimum Gasteiger partial charge on any atom is -0.244 e. The molecular weight excluding hydrogens is 156 g/mol. The lowest BCUT2D eigenvalue weighted by Crippen LogP contribution is -2.11. The van der Waals surface area contributed by atoms with Gasteiger partial charge in [0.25, 0.3) is 0 Å². The second-order valence-electron chi connectivity index (χ2n) is 1.21. The Morgan fingerprint density at radius 1 is 1.67 bits per heavy atom. The second-order valence-corrected chi connectivity index (χ2v) is 2.24. The maximum Gasteiger partial charge on any atom is 0.177 e. The number of thiocarbonyl (C=S) groups is 1. The molecule has 1 aliphatic rings. The van der Waals surface area contributed by atoms with Crippen molar-refractivity contribution < 1.29 is 0 Å². The van der Waals surface area contributed by atoms with Crippen LogP contribution in [0.1, 0.15) is 0 Å². The van der Waals surface area contributed by atoms with Crippen LogP contribution >= 0.6 is 12.2 Å². The third-order valence-corrected chi connectivity index (χ3v) is 1.59. The van der Waals surface area contributed by atoms with Gasteiger partial charge in [0.2, 0.25) is 0 Å². The van der Waals surface area contributed by atoms with E-state index in [1.807, 2.05) is 0 Å². The Labute approximate surface area is 60.2 Å². The molecule has 0 aromatic heterocycles. The van der Waals surface area contributed by atoms with Crippen molar-refractivity contribution in [3.63, 3.8) is 0 Å². The molecule has 0 aromatic carbocycles. The first-order valence-corrected chi connectivity index (χ1v) is 3.26. The highest BCUT2D eigenvalue weighted by Crippen LogP contribution is 1.90. The van der Waals surface area contributed by atoms with Crippen molar-refractivity contribution in [1.29, 1.82) is 4.78 Å². The van der Waals surface area contributed by atoms with Crippen molar-refractivity contribution >= 4 is 39.4 Å². The molecule has 9 heavy (non-hydrogen) atoms. The summed E-state index contributed by atoms with van der Waals surface area (Å²) in [5.74, 6) is 0. The predicted octanol–water partition coefficient (Wildman–Crippen LogP) is 0.783. The fourth-order valence-corrected chi connectivity index (χ4v) is 0.764. The number of nitrogens with one attached hydrogen (secondary N) is 1. The summed E-state index contributed by atoms with van der Waals surface area (Å²) in [6.45, 7) is 0. The van der Waals surface area contributed by atoms with Gasteiger partial charge in [-0.05, 0) is 16.4 Å². The molecule has 6 heteroatoms. The molecule has 1 heterocycles. The van der Waals surface area contributed by atoms with Crippen molar-refractivity contribution in [3.05, 3.63) is 0 Å². The molecule has 46 valence electrons. The molecule has 0 bridgehead atoms. The number of hydrogen-bond acceptors (Lipinski definition) is 4. The smallest absolute Gasteiger partial charge is 0.177 e. The molecule has 1 aliphatic heterocycles. The first-order chi connectivity index (χ1) is 4.34. The molecule has 1 N–H and O–H groups in total. The van der Waals surface area contributed by atoms with E-state index < -0.39 is 0 Å². The molecule has 0 saturated heterocycles. The van der Waals surface area contributed by atoms with Crippen LogP contribution in [-0.4, -0.2) is 16.1 Å². The third-order valence-electron chi connectivity index (χ3n) is 0.670. The summed E-state index contributed by atoms with van der Waals surface area (Å²) in [6.07, 6.45) is 1.40. The van der Waals surface area contributed by atoms with E-state index in [0.717, 1.165) is 11.1 Å². The molecule has 0 radical (unpaired) electrons. The van der Waals surface area contributed by atoms with Gasteiger partial charge in [-0.25, -0.2) is 4.78 Å². The van der Waals surface area contributed by atoms with Gasteiger partial charge >= 0.3 is 0 Å². The molecule has 0 aromatic rings. The average molecular weight is 158 g/mol. The van der Waals surface area contributed by atoms with Crippen molar-refractivity contribution in [2.24, 2.45) is 15.4 Å². The van der Waals surface area contributed by atoms with Gasteiger partial charge < -0.3 is 0 Å². The van der Waals surface area contributed by atoms with E-state index in [2.05, 4.69) is 15.4 Å². The molecule has 0 spiro atoms. The zero-order chi connectivity index (χ0) is 6.69. The summed E-state index contributed by atoms with van der Waals surface area (Å²) in [7, 11) is 0. The first kappa shape index (κ1) is 6.37. The lowest BCUT2D eigenvalue weighted by atomic mass is 10.5. The average Bonchev–Trinajstić information content (AvgIpc) is 1.89. The number of nitrogens with zero attached hydrogens (tertiary/aromatic N) is 3. The van der Waals surface area contributed by atoms with Crippen LogP contribution in [0.2, 0.25) is 0 Å². The summed E-state index contributed by atoms with van der Waals surface area (Å²) in [4.78, 5) is 0.907. The van der Waals surface area contributed by atoms with E-state index in [1.165, 1.54) is 6.21 Å². The largest absolute Gasteiger partial charge is 0.244 e. The van der Waals surface area contributed by atoms with Crippen LogP contribution in [0.4, 0.5) is 0 Å². The van der Waals surface area contributed by atoms with Gasteiger partial charge in [0.15, 0.2) is 4.99 Å².